The van der Waals surface area contributed by atoms with E-state index in [0.29, 0.717) is 26.2 Å². The third-order valence-corrected chi connectivity index (χ3v) is 3.11. The van der Waals surface area contributed by atoms with Gasteiger partial charge in [0, 0.05) is 23.7 Å². The normalized spacial score (nSPS) is 10.2. The number of hydrogen-bond donors (Lipinski definition) is 0. The van der Waals surface area contributed by atoms with Crippen LogP contribution >= 0.6 is 22.9 Å². The fourth-order valence-electron chi connectivity index (χ4n) is 1.25. The first-order chi connectivity index (χ1) is 8.08. The standard InChI is InChI=1S/C10H7ClN2O3S/c1-6-9(16-10(11)14)17-8(12-6)7-4-2-3-5-13(7)15/h2-5H,1H3. The zero-order chi connectivity index (χ0) is 12.4. The van der Waals surface area contributed by atoms with E-state index in [9.17, 15) is 10.0 Å². The van der Waals surface area contributed by atoms with E-state index in [0.717, 1.165) is 11.3 Å². The fourth-order valence-corrected chi connectivity index (χ4v) is 2.31. The molecule has 88 valence electrons. The molecule has 0 saturated heterocycles. The van der Waals surface area contributed by atoms with Gasteiger partial charge >= 0.3 is 5.43 Å². The van der Waals surface area contributed by atoms with Gasteiger partial charge in [0.05, 0.1) is 5.69 Å². The SMILES string of the molecule is Cc1nc(-c2cccc[n+]2[O-])sc1OC(=O)Cl. The molecule has 0 unspecified atom stereocenters. The van der Waals surface area contributed by atoms with Crippen molar-refractivity contribution in [2.75, 3.05) is 0 Å². The second-order valence-electron chi connectivity index (χ2n) is 3.14. The summed E-state index contributed by atoms with van der Waals surface area (Å²) in [6.45, 7) is 1.67. The molecule has 0 saturated carbocycles. The van der Waals surface area contributed by atoms with Gasteiger partial charge in [0.15, 0.2) is 11.2 Å². The molecule has 2 aromatic rings. The summed E-state index contributed by atoms with van der Waals surface area (Å²) in [5, 5.41) is 12.3. The molecule has 0 aliphatic rings. The molecule has 0 aliphatic carbocycles. The summed E-state index contributed by atoms with van der Waals surface area (Å²) >= 11 is 6.22. The predicted octanol–water partition coefficient (Wildman–Crippen LogP) is 2.49. The van der Waals surface area contributed by atoms with Crippen molar-refractivity contribution in [2.45, 2.75) is 6.92 Å². The third kappa shape index (κ3) is 2.54. The van der Waals surface area contributed by atoms with Crippen molar-refractivity contribution in [2.24, 2.45) is 0 Å². The summed E-state index contributed by atoms with van der Waals surface area (Å²) in [5.74, 6) is 0. The maximum absolute atomic E-state index is 11.5. The van der Waals surface area contributed by atoms with Gasteiger partial charge in [-0.25, -0.2) is 9.78 Å². The number of halogens is 1. The Morgan fingerprint density at radius 2 is 2.35 bits per heavy atom. The van der Waals surface area contributed by atoms with Crippen LogP contribution in [0.1, 0.15) is 5.69 Å². The molecule has 0 amide bonds. The van der Waals surface area contributed by atoms with Crippen LogP contribution in [0.25, 0.3) is 10.7 Å². The Balaban J connectivity index is 2.41. The molecule has 7 heteroatoms. The Labute approximate surface area is 106 Å². The number of ether oxygens (including phenoxy) is 1. The van der Waals surface area contributed by atoms with Crippen molar-refractivity contribution in [1.82, 2.24) is 4.98 Å². The van der Waals surface area contributed by atoms with Crippen LogP contribution in [0.4, 0.5) is 4.79 Å². The van der Waals surface area contributed by atoms with Gasteiger partial charge in [0.2, 0.25) is 5.06 Å². The molecule has 2 heterocycles. The second-order valence-corrected chi connectivity index (χ2v) is 4.41. The predicted molar refractivity (Wildman–Crippen MR) is 63.1 cm³/mol. The van der Waals surface area contributed by atoms with Crippen molar-refractivity contribution >= 4 is 28.4 Å². The Morgan fingerprint density at radius 1 is 1.59 bits per heavy atom. The van der Waals surface area contributed by atoms with Gasteiger partial charge in [-0.1, -0.05) is 11.3 Å². The molecule has 0 aromatic carbocycles. The van der Waals surface area contributed by atoms with Crippen LogP contribution in [0, 0.1) is 12.1 Å². The monoisotopic (exact) mass is 270 g/mol. The average molecular weight is 271 g/mol. The number of hydrogen-bond acceptors (Lipinski definition) is 5. The summed E-state index contributed by atoms with van der Waals surface area (Å²) in [4.78, 5) is 14.8. The Hall–Kier alpha value is -1.66. The number of thiazole rings is 1. The summed E-state index contributed by atoms with van der Waals surface area (Å²) in [6, 6.07) is 4.99. The van der Waals surface area contributed by atoms with E-state index < -0.39 is 5.43 Å². The van der Waals surface area contributed by atoms with Gasteiger partial charge in [-0.2, -0.15) is 4.73 Å². The summed E-state index contributed by atoms with van der Waals surface area (Å²) in [7, 11) is 0. The van der Waals surface area contributed by atoms with Crippen LogP contribution in [0.15, 0.2) is 24.4 Å². The fraction of sp³-hybridized carbons (Fsp3) is 0.100. The largest absolute Gasteiger partial charge is 0.618 e. The van der Waals surface area contributed by atoms with Crippen LogP contribution in [-0.4, -0.2) is 10.4 Å². The highest BCUT2D eigenvalue weighted by Crippen LogP contribution is 2.32. The molecular formula is C10H7ClN2O3S. The van der Waals surface area contributed by atoms with E-state index in [1.807, 2.05) is 0 Å². The molecule has 2 aromatic heterocycles. The minimum Gasteiger partial charge on any atom is -0.618 e. The number of carbonyl (C=O) groups excluding carboxylic acids is 1. The van der Waals surface area contributed by atoms with E-state index >= 15 is 0 Å². The molecular weight excluding hydrogens is 264 g/mol. The molecule has 0 N–H and O–H groups in total. The maximum Gasteiger partial charge on any atom is 0.410 e. The number of aromatic nitrogens is 2. The molecule has 0 radical (unpaired) electrons. The molecule has 5 nitrogen and oxygen atoms in total. The van der Waals surface area contributed by atoms with E-state index in [-0.39, 0.29) is 0 Å². The van der Waals surface area contributed by atoms with Gasteiger partial charge in [0.25, 0.3) is 5.69 Å². The first kappa shape index (κ1) is 11.8. The molecule has 0 aliphatic heterocycles. The van der Waals surface area contributed by atoms with Crippen LogP contribution in [-0.2, 0) is 0 Å². The average Bonchev–Trinajstić information content (AvgIpc) is 2.60. The lowest BCUT2D eigenvalue weighted by Gasteiger charge is -1.99. The smallest absolute Gasteiger partial charge is 0.410 e. The van der Waals surface area contributed by atoms with E-state index in [1.54, 1.807) is 25.1 Å². The zero-order valence-corrected chi connectivity index (χ0v) is 10.3. The highest BCUT2D eigenvalue weighted by Gasteiger charge is 2.17. The van der Waals surface area contributed by atoms with E-state index in [2.05, 4.69) is 4.98 Å². The van der Waals surface area contributed by atoms with Gasteiger partial charge in [-0.05, 0) is 13.0 Å². The maximum atomic E-state index is 11.5. The van der Waals surface area contributed by atoms with Gasteiger partial charge in [-0.15, -0.1) is 0 Å². The summed E-state index contributed by atoms with van der Waals surface area (Å²) in [5.41, 5.74) is -0.00770. The first-order valence-electron chi connectivity index (χ1n) is 4.61. The zero-order valence-electron chi connectivity index (χ0n) is 8.71. The topological polar surface area (TPSA) is 66.1 Å². The molecule has 0 spiro atoms. The summed E-state index contributed by atoms with van der Waals surface area (Å²) < 4.78 is 5.46. The van der Waals surface area contributed by atoms with E-state index in [1.165, 1.54) is 6.20 Å². The minimum absolute atomic E-state index is 0.295. The van der Waals surface area contributed by atoms with Crippen LogP contribution < -0.4 is 9.47 Å². The Morgan fingerprint density at radius 3 is 3.00 bits per heavy atom. The van der Waals surface area contributed by atoms with Crippen molar-refractivity contribution in [3.8, 4) is 15.8 Å². The molecule has 17 heavy (non-hydrogen) atoms. The van der Waals surface area contributed by atoms with Gasteiger partial charge in [0.1, 0.15) is 0 Å². The van der Waals surface area contributed by atoms with E-state index in [4.69, 9.17) is 16.3 Å². The molecule has 0 bridgehead atoms. The quantitative estimate of drug-likeness (QED) is 0.478. The number of carbonyl (C=O) groups is 1. The lowest BCUT2D eigenvalue weighted by atomic mass is 10.3. The van der Waals surface area contributed by atoms with Crippen LogP contribution in [0.5, 0.6) is 5.06 Å². The summed E-state index contributed by atoms with van der Waals surface area (Å²) in [6.07, 6.45) is 1.37. The highest BCUT2D eigenvalue weighted by atomic mass is 35.5. The van der Waals surface area contributed by atoms with Gasteiger partial charge in [-0.3, -0.25) is 0 Å². The number of aryl methyl sites for hydroxylation is 1. The molecule has 0 atom stereocenters. The third-order valence-electron chi connectivity index (χ3n) is 1.97. The Bertz CT molecular complexity index is 570. The number of pyridine rings is 1. The van der Waals surface area contributed by atoms with Crippen molar-refractivity contribution in [3.63, 3.8) is 0 Å². The second kappa shape index (κ2) is 4.68. The van der Waals surface area contributed by atoms with Gasteiger partial charge < -0.3 is 9.94 Å². The lowest BCUT2D eigenvalue weighted by Crippen LogP contribution is -2.27. The lowest BCUT2D eigenvalue weighted by molar-refractivity contribution is -0.593. The Kier molecular flexibility index (Phi) is 3.26. The molecule has 0 fully saturated rings. The van der Waals surface area contributed by atoms with Crippen LogP contribution in [0.2, 0.25) is 0 Å². The highest BCUT2D eigenvalue weighted by molar-refractivity contribution is 7.17. The number of nitrogens with zero attached hydrogens (tertiary/aromatic N) is 2. The van der Waals surface area contributed by atoms with Crippen LogP contribution in [0.3, 0.4) is 0 Å². The van der Waals surface area contributed by atoms with Crippen molar-refractivity contribution in [3.05, 3.63) is 35.3 Å². The first-order valence-corrected chi connectivity index (χ1v) is 5.80. The molecule has 2 rings (SSSR count). The van der Waals surface area contributed by atoms with Crippen molar-refractivity contribution < 1.29 is 14.3 Å². The minimum atomic E-state index is -0.925. The number of rotatable bonds is 2. The van der Waals surface area contributed by atoms with Crippen molar-refractivity contribution in [1.29, 1.82) is 0 Å².